The molecule has 8 rings (SSSR count). The van der Waals surface area contributed by atoms with Crippen LogP contribution in [0.2, 0.25) is 0 Å². The predicted molar refractivity (Wildman–Crippen MR) is 194 cm³/mol. The van der Waals surface area contributed by atoms with E-state index in [9.17, 15) is 8.78 Å². The van der Waals surface area contributed by atoms with E-state index in [0.717, 1.165) is 20.8 Å². The number of rotatable bonds is 2. The Hall–Kier alpha value is -3.10. The maximum Gasteiger partial charge on any atom is -1.00 e. The molecule has 0 bridgehead atoms. The zero-order valence-electron chi connectivity index (χ0n) is 29.7. The molecule has 0 amide bonds. The molecule has 0 saturated carbocycles. The molecular formula is C45H42Cl2F2Zr-2. The van der Waals surface area contributed by atoms with Gasteiger partial charge in [0, 0.05) is 5.41 Å². The van der Waals surface area contributed by atoms with Gasteiger partial charge in [0.05, 0.1) is 0 Å². The van der Waals surface area contributed by atoms with Gasteiger partial charge in [-0.15, -0.1) is 11.6 Å². The largest absolute Gasteiger partial charge is 1.00 e. The maximum atomic E-state index is 12.8. The average Bonchev–Trinajstić information content (AvgIpc) is 3.82. The predicted octanol–water partition coefficient (Wildman–Crippen LogP) is 5.46. The second-order valence-corrected chi connectivity index (χ2v) is 16.4. The van der Waals surface area contributed by atoms with E-state index in [1.807, 2.05) is 0 Å². The molecule has 256 valence electrons. The van der Waals surface area contributed by atoms with E-state index < -0.39 is 0 Å². The number of hydrogen-bond donors (Lipinski definition) is 0. The number of fused-ring (bicyclic) bond motifs is 5. The molecule has 5 aromatic carbocycles. The van der Waals surface area contributed by atoms with Gasteiger partial charge in [-0.25, -0.2) is 12.1 Å². The van der Waals surface area contributed by atoms with E-state index >= 15 is 0 Å². The first-order valence-electron chi connectivity index (χ1n) is 16.6. The molecule has 0 saturated heterocycles. The third-order valence-corrected chi connectivity index (χ3v) is 11.1. The summed E-state index contributed by atoms with van der Waals surface area (Å²) in [6, 6.07) is 30.8. The normalized spacial score (nSPS) is 14.8. The van der Waals surface area contributed by atoms with Crippen LogP contribution >= 0.6 is 0 Å². The molecule has 5 heteroatoms. The molecule has 0 heterocycles. The van der Waals surface area contributed by atoms with E-state index in [1.54, 1.807) is 24.3 Å². The molecule has 0 aromatic heterocycles. The van der Waals surface area contributed by atoms with E-state index in [0.29, 0.717) is 5.41 Å². The number of allylic oxidation sites excluding steroid dienone is 2. The first-order valence-corrected chi connectivity index (χ1v) is 17.8. The molecule has 3 aliphatic rings. The smallest absolute Gasteiger partial charge is 1.00 e. The zero-order valence-corrected chi connectivity index (χ0v) is 33.7. The van der Waals surface area contributed by atoms with Crippen LogP contribution in [0.15, 0.2) is 103 Å². The Morgan fingerprint density at radius 3 is 1.74 bits per heavy atom. The summed E-state index contributed by atoms with van der Waals surface area (Å²) in [6.45, 7) is 15.8. The topological polar surface area (TPSA) is 0 Å². The monoisotopic (exact) mass is 780 g/mol. The Morgan fingerprint density at radius 1 is 0.740 bits per heavy atom. The molecule has 0 nitrogen and oxygen atoms in total. The minimum atomic E-state index is -0.244. The van der Waals surface area contributed by atoms with Crippen LogP contribution in [-0.4, -0.2) is 3.21 Å². The Kier molecular flexibility index (Phi) is 12.1. The van der Waals surface area contributed by atoms with Gasteiger partial charge in [0.1, 0.15) is 0 Å². The van der Waals surface area contributed by atoms with Crippen molar-refractivity contribution >= 4 is 15.4 Å². The first kappa shape index (κ1) is 39.7. The van der Waals surface area contributed by atoms with Crippen LogP contribution in [0, 0.1) is 17.7 Å². The molecule has 0 N–H and O–H groups in total. The summed E-state index contributed by atoms with van der Waals surface area (Å²) in [6.07, 6.45) is 11.4. The van der Waals surface area contributed by atoms with E-state index in [4.69, 9.17) is 0 Å². The van der Waals surface area contributed by atoms with Gasteiger partial charge < -0.3 is 24.8 Å². The van der Waals surface area contributed by atoms with Crippen molar-refractivity contribution in [1.29, 1.82) is 0 Å². The van der Waals surface area contributed by atoms with Crippen molar-refractivity contribution in [3.63, 3.8) is 0 Å². The molecule has 50 heavy (non-hydrogen) atoms. The van der Waals surface area contributed by atoms with Crippen molar-refractivity contribution in [3.05, 3.63) is 171 Å². The van der Waals surface area contributed by atoms with Gasteiger partial charge >= 0.3 is 108 Å². The molecule has 0 fully saturated rings. The fraction of sp³-hybridized carbons (Fsp3) is 0.244. The molecular weight excluding hydrogens is 741 g/mol. The summed E-state index contributed by atoms with van der Waals surface area (Å²) in [5, 5.41) is 0. The van der Waals surface area contributed by atoms with E-state index in [1.165, 1.54) is 98.6 Å². The van der Waals surface area contributed by atoms with Crippen LogP contribution in [0.25, 0.3) is 23.3 Å². The third kappa shape index (κ3) is 8.33. The van der Waals surface area contributed by atoms with Crippen molar-refractivity contribution in [3.8, 4) is 11.1 Å². The van der Waals surface area contributed by atoms with Crippen LogP contribution in [-0.2, 0) is 46.9 Å². The van der Waals surface area contributed by atoms with Crippen LogP contribution in [0.3, 0.4) is 0 Å². The fourth-order valence-corrected chi connectivity index (χ4v) is 7.50. The quantitative estimate of drug-likeness (QED) is 0.205. The van der Waals surface area contributed by atoms with Crippen molar-refractivity contribution in [2.75, 3.05) is 0 Å². The molecule has 0 atom stereocenters. The van der Waals surface area contributed by atoms with Crippen LogP contribution < -0.4 is 24.8 Å². The summed E-state index contributed by atoms with van der Waals surface area (Å²) >= 11 is 1.22. The maximum absolute atomic E-state index is 12.8. The van der Waals surface area contributed by atoms with Gasteiger partial charge in [0.15, 0.2) is 0 Å². The summed E-state index contributed by atoms with van der Waals surface area (Å²) in [7, 11) is 0. The van der Waals surface area contributed by atoms with Gasteiger partial charge in [-0.1, -0.05) is 83.6 Å². The molecule has 0 radical (unpaired) electrons. The number of halogens is 4. The summed E-state index contributed by atoms with van der Waals surface area (Å²) in [5.41, 5.74) is 15.4. The van der Waals surface area contributed by atoms with E-state index in [2.05, 4.69) is 121 Å². The molecule has 0 unspecified atom stereocenters. The average molecular weight is 783 g/mol. The van der Waals surface area contributed by atoms with Crippen molar-refractivity contribution in [2.24, 2.45) is 0 Å². The van der Waals surface area contributed by atoms with Crippen molar-refractivity contribution < 1.29 is 57.8 Å². The third-order valence-electron chi connectivity index (χ3n) is 9.65. The first-order chi connectivity index (χ1) is 22.6. The van der Waals surface area contributed by atoms with Crippen LogP contribution in [0.4, 0.5) is 8.78 Å². The van der Waals surface area contributed by atoms with Gasteiger partial charge in [0.25, 0.3) is 0 Å². The number of hydrogen-bond acceptors (Lipinski definition) is 0. The summed E-state index contributed by atoms with van der Waals surface area (Å²) in [5.74, 6) is -0.488. The molecule has 0 aliphatic heterocycles. The van der Waals surface area contributed by atoms with Crippen molar-refractivity contribution in [1.82, 2.24) is 0 Å². The minimum absolute atomic E-state index is 0. The molecule has 3 aliphatic carbocycles. The summed E-state index contributed by atoms with van der Waals surface area (Å²) < 4.78 is 26.6. The molecule has 0 spiro atoms. The summed E-state index contributed by atoms with van der Waals surface area (Å²) in [4.78, 5) is 0. The fourth-order valence-electron chi connectivity index (χ4n) is 6.68. The standard InChI is InChI=1S/C23H21.C13H8F2.C9H13.2ClH.Zr/c1-22(2)7-5-14-10-18-16(12-20(14)22)9-17-13-21-15(11-19(17)18)6-8-23(21,3)4;14-12-5-1-10(2-6-12)9-11-3-7-13(15)8-4-11;1-9(2,3)8-6-4-5-7-8;;;/h5-7,10-13H,9H2,1-4H3;1-8H;4-7H,1-3H3;2*1H;/q-1;;-1;;;+2/p-2. The minimum Gasteiger partial charge on any atom is -1.00 e. The number of benzene rings is 4. The Bertz CT molecular complexity index is 1920. The van der Waals surface area contributed by atoms with E-state index in [-0.39, 0.29) is 47.3 Å². The van der Waals surface area contributed by atoms with Gasteiger partial charge in [-0.2, -0.15) is 29.3 Å². The van der Waals surface area contributed by atoms with Crippen LogP contribution in [0.1, 0.15) is 98.5 Å². The van der Waals surface area contributed by atoms with Gasteiger partial charge in [-0.05, 0) is 45.9 Å². The van der Waals surface area contributed by atoms with Gasteiger partial charge in [0.2, 0.25) is 0 Å². The Balaban J connectivity index is 0.000000182. The van der Waals surface area contributed by atoms with Gasteiger partial charge in [-0.3, -0.25) is 6.08 Å². The van der Waals surface area contributed by atoms with Crippen molar-refractivity contribution in [2.45, 2.75) is 71.1 Å². The molecule has 5 aromatic rings. The zero-order chi connectivity index (χ0) is 34.4. The second kappa shape index (κ2) is 15.3. The van der Waals surface area contributed by atoms with Crippen LogP contribution in [0.5, 0.6) is 0 Å². The SMILES string of the molecule is CC(C)(C)c1cc[cH-]c1.CC1(C)[C-]=Cc2cc3c(cc21)Cc1cc2c(cc1-3)C=CC2(C)C.Fc1ccc([C](=[Zr+2])c2ccc(F)cc2)cc1.[Cl-].[Cl-]. The second-order valence-electron chi connectivity index (χ2n) is 15.2. The Morgan fingerprint density at radius 2 is 1.26 bits per heavy atom. The Labute approximate surface area is 324 Å².